The summed E-state index contributed by atoms with van der Waals surface area (Å²) in [4.78, 5) is 0. The summed E-state index contributed by atoms with van der Waals surface area (Å²) < 4.78 is 32.6. The van der Waals surface area contributed by atoms with Gasteiger partial charge in [0.2, 0.25) is 0 Å². The molecule has 0 amide bonds. The van der Waals surface area contributed by atoms with Crippen LogP contribution in [0.3, 0.4) is 0 Å². The first kappa shape index (κ1) is 26.1. The monoisotopic (exact) mass is 470 g/mol. The van der Waals surface area contributed by atoms with Gasteiger partial charge in [0.1, 0.15) is 54.9 Å². The topological polar surface area (TPSA) is 197 Å². The summed E-state index contributed by atoms with van der Waals surface area (Å²) in [6, 6.07) is 0. The van der Waals surface area contributed by atoms with E-state index in [1.165, 1.54) is 27.9 Å². The summed E-state index contributed by atoms with van der Waals surface area (Å²) in [5.74, 6) is 0. The van der Waals surface area contributed by atoms with Gasteiger partial charge in [-0.25, -0.2) is 0 Å². The highest BCUT2D eigenvalue weighted by Gasteiger charge is 2.52. The molecule has 3 heterocycles. The minimum atomic E-state index is -1.63. The van der Waals surface area contributed by atoms with E-state index >= 15 is 0 Å². The van der Waals surface area contributed by atoms with E-state index in [1.54, 1.807) is 0 Å². The SMILES string of the molecule is CO[C@@H]1[C@H](O[C@@H]2[C@@H](O)[C@H](C)O[C@@H](O[C@@H]3[C@@H](O)[C@H](C)OC(O)[C@@H]3O)[C@@H]2O)O[C@@H](C)[C@@H](O)[C@H]1O. The lowest BCUT2D eigenvalue weighted by molar-refractivity contribution is -0.374. The second kappa shape index (κ2) is 10.4. The quantitative estimate of drug-likeness (QED) is 0.206. The van der Waals surface area contributed by atoms with Crippen LogP contribution >= 0.6 is 0 Å². The zero-order valence-electron chi connectivity index (χ0n) is 18.2. The van der Waals surface area contributed by atoms with Crippen LogP contribution in [0.1, 0.15) is 20.8 Å². The lowest BCUT2D eigenvalue weighted by Gasteiger charge is -2.47. The molecule has 7 N–H and O–H groups in total. The largest absolute Gasteiger partial charge is 0.388 e. The van der Waals surface area contributed by atoms with E-state index in [1.807, 2.05) is 0 Å². The van der Waals surface area contributed by atoms with E-state index in [9.17, 15) is 35.7 Å². The molecule has 3 aliphatic rings. The number of hydrogen-bond acceptors (Lipinski definition) is 13. The highest BCUT2D eigenvalue weighted by Crippen LogP contribution is 2.32. The Morgan fingerprint density at radius 2 is 0.969 bits per heavy atom. The molecule has 0 bridgehead atoms. The van der Waals surface area contributed by atoms with E-state index in [2.05, 4.69) is 0 Å². The number of aliphatic hydroxyl groups excluding tert-OH is 7. The molecule has 188 valence electrons. The molecule has 0 saturated carbocycles. The van der Waals surface area contributed by atoms with Gasteiger partial charge >= 0.3 is 0 Å². The molecule has 0 aromatic rings. The van der Waals surface area contributed by atoms with Crippen molar-refractivity contribution in [2.45, 2.75) is 113 Å². The maximum absolute atomic E-state index is 10.8. The first-order valence-corrected chi connectivity index (χ1v) is 10.5. The Hall–Kier alpha value is -0.520. The minimum Gasteiger partial charge on any atom is -0.388 e. The lowest BCUT2D eigenvalue weighted by Crippen LogP contribution is -2.65. The van der Waals surface area contributed by atoms with Crippen LogP contribution < -0.4 is 0 Å². The molecule has 0 aromatic heterocycles. The molecule has 0 spiro atoms. The van der Waals surface area contributed by atoms with E-state index in [-0.39, 0.29) is 0 Å². The smallest absolute Gasteiger partial charge is 0.187 e. The molecule has 13 heteroatoms. The third-order valence-electron chi connectivity index (χ3n) is 6.22. The molecular weight excluding hydrogens is 436 g/mol. The molecule has 0 aromatic carbocycles. The maximum Gasteiger partial charge on any atom is 0.187 e. The van der Waals surface area contributed by atoms with E-state index in [0.717, 1.165) is 0 Å². The normalized spacial score (nSPS) is 55.0. The van der Waals surface area contributed by atoms with Crippen molar-refractivity contribution in [1.82, 2.24) is 0 Å². The number of aliphatic hydroxyl groups is 7. The van der Waals surface area contributed by atoms with Crippen LogP contribution in [-0.2, 0) is 28.4 Å². The van der Waals surface area contributed by atoms with Crippen LogP contribution in [-0.4, -0.2) is 135 Å². The molecule has 3 aliphatic heterocycles. The van der Waals surface area contributed by atoms with E-state index in [0.29, 0.717) is 0 Å². The van der Waals surface area contributed by atoms with Gasteiger partial charge in [0.05, 0.1) is 18.3 Å². The van der Waals surface area contributed by atoms with Gasteiger partial charge < -0.3 is 64.2 Å². The summed E-state index contributed by atoms with van der Waals surface area (Å²) in [7, 11) is 1.28. The summed E-state index contributed by atoms with van der Waals surface area (Å²) in [5.41, 5.74) is 0. The first-order valence-electron chi connectivity index (χ1n) is 10.5. The van der Waals surface area contributed by atoms with Gasteiger partial charge in [-0.05, 0) is 20.8 Å². The fourth-order valence-electron chi connectivity index (χ4n) is 4.12. The van der Waals surface area contributed by atoms with Crippen molar-refractivity contribution in [1.29, 1.82) is 0 Å². The van der Waals surface area contributed by atoms with Crippen LogP contribution in [0.5, 0.6) is 0 Å². The highest BCUT2D eigenvalue weighted by molar-refractivity contribution is 4.95. The van der Waals surface area contributed by atoms with Crippen molar-refractivity contribution in [2.75, 3.05) is 7.11 Å². The Morgan fingerprint density at radius 1 is 0.500 bits per heavy atom. The molecule has 0 radical (unpaired) electrons. The van der Waals surface area contributed by atoms with Crippen molar-refractivity contribution in [3.63, 3.8) is 0 Å². The van der Waals surface area contributed by atoms with E-state index < -0.39 is 92.1 Å². The van der Waals surface area contributed by atoms with Gasteiger partial charge in [0, 0.05) is 7.11 Å². The molecule has 13 nitrogen and oxygen atoms in total. The Morgan fingerprint density at radius 3 is 1.56 bits per heavy atom. The first-order chi connectivity index (χ1) is 15.0. The zero-order chi connectivity index (χ0) is 23.9. The number of ether oxygens (including phenoxy) is 6. The molecule has 1 unspecified atom stereocenters. The summed E-state index contributed by atoms with van der Waals surface area (Å²) in [6.45, 7) is 4.48. The lowest BCUT2D eigenvalue weighted by atomic mass is 9.96. The molecule has 32 heavy (non-hydrogen) atoms. The van der Waals surface area contributed by atoms with Gasteiger partial charge in [0.15, 0.2) is 18.9 Å². The molecule has 15 atom stereocenters. The zero-order valence-corrected chi connectivity index (χ0v) is 18.2. The summed E-state index contributed by atoms with van der Waals surface area (Å²) in [6.07, 6.45) is -19.3. The summed E-state index contributed by atoms with van der Waals surface area (Å²) >= 11 is 0. The Labute approximate surface area is 185 Å². The molecule has 3 saturated heterocycles. The second-order valence-corrected chi connectivity index (χ2v) is 8.50. The van der Waals surface area contributed by atoms with Crippen LogP contribution in [0.25, 0.3) is 0 Å². The van der Waals surface area contributed by atoms with Crippen LogP contribution in [0.2, 0.25) is 0 Å². The maximum atomic E-state index is 10.8. The Kier molecular flexibility index (Phi) is 8.48. The second-order valence-electron chi connectivity index (χ2n) is 8.50. The molecule has 0 aliphatic carbocycles. The predicted molar refractivity (Wildman–Crippen MR) is 102 cm³/mol. The Bertz CT molecular complexity index is 596. The van der Waals surface area contributed by atoms with Gasteiger partial charge in [-0.15, -0.1) is 0 Å². The van der Waals surface area contributed by atoms with Crippen molar-refractivity contribution < 1.29 is 64.2 Å². The minimum absolute atomic E-state index is 0.824. The van der Waals surface area contributed by atoms with Gasteiger partial charge in [0.25, 0.3) is 0 Å². The third kappa shape index (κ3) is 4.95. The van der Waals surface area contributed by atoms with Gasteiger partial charge in [-0.3, -0.25) is 0 Å². The molecule has 3 fully saturated rings. The van der Waals surface area contributed by atoms with Crippen molar-refractivity contribution in [3.8, 4) is 0 Å². The number of hydrogen-bond donors (Lipinski definition) is 7. The van der Waals surface area contributed by atoms with Gasteiger partial charge in [-0.2, -0.15) is 0 Å². The fraction of sp³-hybridized carbons (Fsp3) is 1.00. The number of rotatable bonds is 5. The third-order valence-corrected chi connectivity index (χ3v) is 6.22. The van der Waals surface area contributed by atoms with Crippen LogP contribution in [0.4, 0.5) is 0 Å². The van der Waals surface area contributed by atoms with Crippen molar-refractivity contribution in [2.24, 2.45) is 0 Å². The average molecular weight is 470 g/mol. The highest BCUT2D eigenvalue weighted by atomic mass is 16.7. The summed E-state index contributed by atoms with van der Waals surface area (Å²) in [5, 5.41) is 72.0. The molecule has 3 rings (SSSR count). The van der Waals surface area contributed by atoms with E-state index in [4.69, 9.17) is 28.4 Å². The fourth-order valence-corrected chi connectivity index (χ4v) is 4.12. The van der Waals surface area contributed by atoms with Crippen molar-refractivity contribution in [3.05, 3.63) is 0 Å². The Balaban J connectivity index is 1.75. The van der Waals surface area contributed by atoms with Crippen LogP contribution in [0.15, 0.2) is 0 Å². The standard InChI is InChI=1S/C19H34O13/c1-5-8(20)11(23)16(27-4)19(30-5)32-15-10(22)7(3)29-18(13(15)25)31-14-9(21)6(2)28-17(26)12(14)24/h5-26H,1-4H3/t5-,6-,7-,8+,9-,10-,11+,12+,13+,14+,15+,16-,17?,18-,19-/m0/s1. The number of methoxy groups -OCH3 is 1. The average Bonchev–Trinajstić information content (AvgIpc) is 2.74. The van der Waals surface area contributed by atoms with Crippen LogP contribution in [0, 0.1) is 0 Å². The molecular formula is C19H34O13. The van der Waals surface area contributed by atoms with Gasteiger partial charge in [-0.1, -0.05) is 0 Å². The van der Waals surface area contributed by atoms with Crippen molar-refractivity contribution >= 4 is 0 Å². The predicted octanol–water partition coefficient (Wildman–Crippen LogP) is -3.84.